The van der Waals surface area contributed by atoms with Crippen LogP contribution in [0.3, 0.4) is 0 Å². The highest BCUT2D eigenvalue weighted by molar-refractivity contribution is 9.10. The zero-order valence-electron chi connectivity index (χ0n) is 16.7. The molecule has 0 aliphatic carbocycles. The summed E-state index contributed by atoms with van der Waals surface area (Å²) in [5.41, 5.74) is 1.78. The van der Waals surface area contributed by atoms with Crippen LogP contribution in [0.15, 0.2) is 76.1 Å². The van der Waals surface area contributed by atoms with Crippen LogP contribution in [0.1, 0.15) is 15.9 Å². The second kappa shape index (κ2) is 8.99. The molecule has 3 aromatic rings. The fourth-order valence-corrected chi connectivity index (χ4v) is 3.99. The van der Waals surface area contributed by atoms with Crippen molar-refractivity contribution >= 4 is 37.5 Å². The zero-order valence-corrected chi connectivity index (χ0v) is 19.1. The Hall–Kier alpha value is -2.68. The van der Waals surface area contributed by atoms with Crippen LogP contribution in [0, 0.1) is 6.92 Å². The molecule has 8 heteroatoms. The molecular formula is C22H21BrN2O4S. The van der Waals surface area contributed by atoms with Crippen molar-refractivity contribution in [3.8, 4) is 11.5 Å². The van der Waals surface area contributed by atoms with Crippen LogP contribution >= 0.6 is 15.9 Å². The van der Waals surface area contributed by atoms with Crippen LogP contribution < -0.4 is 10.1 Å². The first-order chi connectivity index (χ1) is 14.2. The summed E-state index contributed by atoms with van der Waals surface area (Å²) in [6, 6.07) is 18.9. The molecule has 0 fully saturated rings. The molecule has 1 N–H and O–H groups in total. The van der Waals surface area contributed by atoms with Gasteiger partial charge < -0.3 is 10.1 Å². The standard InChI is InChI=1S/C22H21BrN2O4S/c1-15-8-10-16(11-9-15)29-21-7-5-4-6-20(21)24-22(26)18-14-17(12-13-19(18)23)30(27,28)25(2)3/h4-14H,1-3H3,(H,24,26). The Morgan fingerprint density at radius 2 is 1.67 bits per heavy atom. The van der Waals surface area contributed by atoms with E-state index in [-0.39, 0.29) is 10.5 Å². The van der Waals surface area contributed by atoms with E-state index in [0.717, 1.165) is 9.87 Å². The fraction of sp³-hybridized carbons (Fsp3) is 0.136. The molecule has 0 unspecified atom stereocenters. The van der Waals surface area contributed by atoms with Gasteiger partial charge in [-0.25, -0.2) is 12.7 Å². The average Bonchev–Trinajstić information content (AvgIpc) is 2.71. The predicted octanol–water partition coefficient (Wildman–Crippen LogP) is 5.05. The van der Waals surface area contributed by atoms with Crippen molar-refractivity contribution in [2.45, 2.75) is 11.8 Å². The molecule has 0 heterocycles. The highest BCUT2D eigenvalue weighted by Gasteiger charge is 2.21. The van der Waals surface area contributed by atoms with Gasteiger partial charge in [-0.15, -0.1) is 0 Å². The molecule has 6 nitrogen and oxygen atoms in total. The van der Waals surface area contributed by atoms with Gasteiger partial charge in [-0.1, -0.05) is 29.8 Å². The number of amides is 1. The minimum Gasteiger partial charge on any atom is -0.455 e. The molecule has 3 rings (SSSR count). The minimum absolute atomic E-state index is 0.0324. The van der Waals surface area contributed by atoms with E-state index in [9.17, 15) is 13.2 Å². The number of nitrogens with one attached hydrogen (secondary N) is 1. The summed E-state index contributed by atoms with van der Waals surface area (Å²) in [5, 5.41) is 2.80. The monoisotopic (exact) mass is 488 g/mol. The molecule has 0 saturated carbocycles. The largest absolute Gasteiger partial charge is 0.455 e. The van der Waals surface area contributed by atoms with E-state index < -0.39 is 15.9 Å². The van der Waals surface area contributed by atoms with Crippen LogP contribution in [0.5, 0.6) is 11.5 Å². The molecule has 0 radical (unpaired) electrons. The summed E-state index contributed by atoms with van der Waals surface area (Å²) >= 11 is 3.33. The molecule has 0 spiro atoms. The molecule has 0 saturated heterocycles. The molecule has 0 aliphatic heterocycles. The Kier molecular flexibility index (Phi) is 6.60. The van der Waals surface area contributed by atoms with Gasteiger partial charge in [0.25, 0.3) is 5.91 Å². The smallest absolute Gasteiger partial charge is 0.256 e. The highest BCUT2D eigenvalue weighted by Crippen LogP contribution is 2.31. The Morgan fingerprint density at radius 3 is 2.33 bits per heavy atom. The number of ether oxygens (including phenoxy) is 1. The summed E-state index contributed by atoms with van der Waals surface area (Å²) in [6.45, 7) is 1.99. The van der Waals surface area contributed by atoms with Gasteiger partial charge in [-0.05, 0) is 65.3 Å². The van der Waals surface area contributed by atoms with E-state index in [1.807, 2.05) is 31.2 Å². The number of para-hydroxylation sites is 2. The average molecular weight is 489 g/mol. The van der Waals surface area contributed by atoms with Gasteiger partial charge >= 0.3 is 0 Å². The molecular weight excluding hydrogens is 468 g/mol. The van der Waals surface area contributed by atoms with E-state index in [4.69, 9.17) is 4.74 Å². The number of rotatable bonds is 6. The number of anilines is 1. The van der Waals surface area contributed by atoms with E-state index in [1.165, 1.54) is 26.2 Å². The van der Waals surface area contributed by atoms with E-state index in [1.54, 1.807) is 30.3 Å². The van der Waals surface area contributed by atoms with Gasteiger partial charge in [0.2, 0.25) is 10.0 Å². The third-order valence-corrected chi connectivity index (χ3v) is 6.85. The van der Waals surface area contributed by atoms with Crippen LogP contribution in [0.25, 0.3) is 0 Å². The Balaban J connectivity index is 1.89. The normalized spacial score (nSPS) is 11.4. The van der Waals surface area contributed by atoms with Gasteiger partial charge in [0.1, 0.15) is 5.75 Å². The van der Waals surface area contributed by atoms with Gasteiger partial charge in [-0.3, -0.25) is 4.79 Å². The summed E-state index contributed by atoms with van der Waals surface area (Å²) in [5.74, 6) is 0.656. The number of nitrogens with zero attached hydrogens (tertiary/aromatic N) is 1. The molecule has 3 aromatic carbocycles. The van der Waals surface area contributed by atoms with Crippen LogP contribution in [0.2, 0.25) is 0 Å². The lowest BCUT2D eigenvalue weighted by molar-refractivity contribution is 0.102. The summed E-state index contributed by atoms with van der Waals surface area (Å²) in [6.07, 6.45) is 0. The predicted molar refractivity (Wildman–Crippen MR) is 121 cm³/mol. The van der Waals surface area contributed by atoms with Crippen molar-refractivity contribution < 1.29 is 17.9 Å². The minimum atomic E-state index is -3.67. The lowest BCUT2D eigenvalue weighted by Gasteiger charge is -2.15. The zero-order chi connectivity index (χ0) is 21.9. The fourth-order valence-electron chi connectivity index (χ4n) is 2.63. The number of carbonyl (C=O) groups excluding carboxylic acids is 1. The van der Waals surface area contributed by atoms with E-state index >= 15 is 0 Å². The van der Waals surface area contributed by atoms with Crippen molar-refractivity contribution in [3.05, 3.63) is 82.3 Å². The van der Waals surface area contributed by atoms with Crippen LogP contribution in [-0.2, 0) is 10.0 Å². The molecule has 1 amide bonds. The highest BCUT2D eigenvalue weighted by atomic mass is 79.9. The summed E-state index contributed by atoms with van der Waals surface area (Å²) in [4.78, 5) is 13.0. The number of carbonyl (C=O) groups is 1. The lowest BCUT2D eigenvalue weighted by Crippen LogP contribution is -2.23. The molecule has 0 aliphatic rings. The van der Waals surface area contributed by atoms with Crippen LogP contribution in [-0.4, -0.2) is 32.7 Å². The van der Waals surface area contributed by atoms with Crippen molar-refractivity contribution in [1.82, 2.24) is 4.31 Å². The van der Waals surface area contributed by atoms with Gasteiger partial charge in [0, 0.05) is 18.6 Å². The molecule has 0 atom stereocenters. The first kappa shape index (κ1) is 22.0. The maximum Gasteiger partial charge on any atom is 0.256 e. The second-order valence-electron chi connectivity index (χ2n) is 6.79. The molecule has 0 bridgehead atoms. The first-order valence-corrected chi connectivity index (χ1v) is 11.3. The molecule has 30 heavy (non-hydrogen) atoms. The third-order valence-electron chi connectivity index (χ3n) is 4.35. The maximum atomic E-state index is 12.9. The third kappa shape index (κ3) is 4.89. The van der Waals surface area contributed by atoms with Gasteiger partial charge in [-0.2, -0.15) is 0 Å². The van der Waals surface area contributed by atoms with Crippen molar-refractivity contribution in [2.75, 3.05) is 19.4 Å². The topological polar surface area (TPSA) is 75.7 Å². The number of hydrogen-bond donors (Lipinski definition) is 1. The summed E-state index contributed by atoms with van der Waals surface area (Å²) < 4.78 is 32.3. The number of sulfonamides is 1. The Morgan fingerprint density at radius 1 is 1.00 bits per heavy atom. The maximum absolute atomic E-state index is 12.9. The van der Waals surface area contributed by atoms with E-state index in [0.29, 0.717) is 21.7 Å². The van der Waals surface area contributed by atoms with Crippen molar-refractivity contribution in [2.24, 2.45) is 0 Å². The molecule has 0 aromatic heterocycles. The van der Waals surface area contributed by atoms with Gasteiger partial charge in [0.15, 0.2) is 5.75 Å². The second-order valence-corrected chi connectivity index (χ2v) is 9.80. The van der Waals surface area contributed by atoms with Gasteiger partial charge in [0.05, 0.1) is 16.1 Å². The number of aryl methyl sites for hydroxylation is 1. The van der Waals surface area contributed by atoms with Crippen molar-refractivity contribution in [1.29, 1.82) is 0 Å². The Labute approximate surface area is 184 Å². The first-order valence-electron chi connectivity index (χ1n) is 9.05. The number of benzene rings is 3. The number of hydrogen-bond acceptors (Lipinski definition) is 4. The Bertz CT molecular complexity index is 1180. The number of halogens is 1. The SMILES string of the molecule is Cc1ccc(Oc2ccccc2NC(=O)c2cc(S(=O)(=O)N(C)C)ccc2Br)cc1. The molecule has 156 valence electrons. The van der Waals surface area contributed by atoms with Crippen molar-refractivity contribution in [3.63, 3.8) is 0 Å². The summed E-state index contributed by atoms with van der Waals surface area (Å²) in [7, 11) is -0.787. The lowest BCUT2D eigenvalue weighted by atomic mass is 10.2. The quantitative estimate of drug-likeness (QED) is 0.526. The van der Waals surface area contributed by atoms with E-state index in [2.05, 4.69) is 21.2 Å². The van der Waals surface area contributed by atoms with Crippen LogP contribution in [0.4, 0.5) is 5.69 Å².